The van der Waals surface area contributed by atoms with E-state index >= 15 is 0 Å². The van der Waals surface area contributed by atoms with Crippen molar-refractivity contribution in [2.75, 3.05) is 20.8 Å². The van der Waals surface area contributed by atoms with Gasteiger partial charge in [-0.15, -0.1) is 0 Å². The molecule has 2 rings (SSSR count). The molecule has 114 valence electrons. The summed E-state index contributed by atoms with van der Waals surface area (Å²) in [4.78, 5) is 0. The van der Waals surface area contributed by atoms with Gasteiger partial charge < -0.3 is 24.3 Å². The first-order valence-corrected chi connectivity index (χ1v) is 6.86. The fraction of sp³-hybridized carbons (Fsp3) is 0.333. The number of aliphatic hydroxyl groups is 1. The normalized spacial score (nSPS) is 12.2. The Bertz CT molecular complexity index is 571. The monoisotopic (exact) mass is 311 g/mol. The van der Waals surface area contributed by atoms with Crippen molar-refractivity contribution >= 4 is 11.6 Å². The maximum Gasteiger partial charge on any atom is 0.179 e. The van der Waals surface area contributed by atoms with Gasteiger partial charge in [0, 0.05) is 6.54 Å². The molecule has 2 aromatic rings. The number of rotatable bonds is 7. The molecule has 1 aromatic heterocycles. The lowest BCUT2D eigenvalue weighted by Crippen LogP contribution is -2.23. The smallest absolute Gasteiger partial charge is 0.179 e. The molecule has 1 atom stereocenters. The summed E-state index contributed by atoms with van der Waals surface area (Å²) in [7, 11) is 3.10. The molecule has 0 amide bonds. The summed E-state index contributed by atoms with van der Waals surface area (Å²) >= 11 is 6.31. The molecule has 5 nitrogen and oxygen atoms in total. The summed E-state index contributed by atoms with van der Waals surface area (Å²) in [6.45, 7) is 0.392. The number of ether oxygens (including phenoxy) is 2. The third kappa shape index (κ3) is 3.50. The van der Waals surface area contributed by atoms with Gasteiger partial charge in [0.25, 0.3) is 0 Å². The van der Waals surface area contributed by atoms with E-state index in [2.05, 4.69) is 5.32 Å². The third-order valence-electron chi connectivity index (χ3n) is 3.17. The van der Waals surface area contributed by atoms with Crippen LogP contribution in [0.2, 0.25) is 5.02 Å². The molecule has 0 aliphatic rings. The molecular formula is C15H18ClNO4. The minimum Gasteiger partial charge on any atom is -0.493 e. The lowest BCUT2D eigenvalue weighted by Gasteiger charge is -2.16. The van der Waals surface area contributed by atoms with Crippen LogP contribution in [0, 0.1) is 0 Å². The maximum atomic E-state index is 9.43. The Labute approximate surface area is 128 Å². The van der Waals surface area contributed by atoms with Crippen LogP contribution in [0.1, 0.15) is 17.4 Å². The average Bonchev–Trinajstić information content (AvgIpc) is 3.03. The highest BCUT2D eigenvalue weighted by Crippen LogP contribution is 2.37. The van der Waals surface area contributed by atoms with Gasteiger partial charge in [0.15, 0.2) is 11.5 Å². The minimum atomic E-state index is -0.288. The molecule has 0 fully saturated rings. The van der Waals surface area contributed by atoms with Gasteiger partial charge in [-0.05, 0) is 23.8 Å². The van der Waals surface area contributed by atoms with Crippen LogP contribution in [0.4, 0.5) is 0 Å². The largest absolute Gasteiger partial charge is 0.493 e. The zero-order chi connectivity index (χ0) is 15.2. The molecule has 2 N–H and O–H groups in total. The van der Waals surface area contributed by atoms with Crippen LogP contribution in [0.25, 0.3) is 0 Å². The van der Waals surface area contributed by atoms with E-state index < -0.39 is 0 Å². The Kier molecular flexibility index (Phi) is 5.50. The van der Waals surface area contributed by atoms with Crippen molar-refractivity contribution in [2.24, 2.45) is 0 Å². The zero-order valence-corrected chi connectivity index (χ0v) is 12.7. The summed E-state index contributed by atoms with van der Waals surface area (Å²) in [5.74, 6) is 1.75. The van der Waals surface area contributed by atoms with E-state index in [-0.39, 0.29) is 12.6 Å². The second-order valence-corrected chi connectivity index (χ2v) is 4.78. The van der Waals surface area contributed by atoms with Crippen LogP contribution >= 0.6 is 11.6 Å². The predicted octanol–water partition coefficient (Wildman–Crippen LogP) is 2.77. The standard InChI is InChI=1S/C15H18ClNO4/c1-19-13-6-5-10(14(16)15(13)20-2)8-17-11(9-18)12-4-3-7-21-12/h3-7,11,17-18H,8-9H2,1-2H3. The van der Waals surface area contributed by atoms with E-state index in [0.29, 0.717) is 28.8 Å². The number of hydrogen-bond donors (Lipinski definition) is 2. The zero-order valence-electron chi connectivity index (χ0n) is 11.9. The molecular weight excluding hydrogens is 294 g/mol. The van der Waals surface area contributed by atoms with Gasteiger partial charge in [0.1, 0.15) is 5.76 Å². The number of nitrogens with one attached hydrogen (secondary N) is 1. The number of hydrogen-bond acceptors (Lipinski definition) is 5. The van der Waals surface area contributed by atoms with E-state index in [0.717, 1.165) is 5.56 Å². The molecule has 1 heterocycles. The van der Waals surface area contributed by atoms with Crippen molar-refractivity contribution in [1.82, 2.24) is 5.32 Å². The van der Waals surface area contributed by atoms with Gasteiger partial charge in [0.05, 0.1) is 38.2 Å². The quantitative estimate of drug-likeness (QED) is 0.823. The van der Waals surface area contributed by atoms with Gasteiger partial charge in [-0.2, -0.15) is 0 Å². The number of aliphatic hydroxyl groups excluding tert-OH is 1. The average molecular weight is 312 g/mol. The Morgan fingerprint density at radius 3 is 2.67 bits per heavy atom. The van der Waals surface area contributed by atoms with Gasteiger partial charge in [0.2, 0.25) is 0 Å². The van der Waals surface area contributed by atoms with E-state index in [1.54, 1.807) is 32.6 Å². The Morgan fingerprint density at radius 2 is 2.10 bits per heavy atom. The Hall–Kier alpha value is -1.69. The number of halogens is 1. The number of methoxy groups -OCH3 is 2. The van der Waals surface area contributed by atoms with E-state index in [4.69, 9.17) is 25.5 Å². The SMILES string of the molecule is COc1ccc(CNC(CO)c2ccco2)c(Cl)c1OC. The molecule has 6 heteroatoms. The first-order chi connectivity index (χ1) is 10.2. The minimum absolute atomic E-state index is 0.0710. The van der Waals surface area contributed by atoms with Crippen molar-refractivity contribution in [1.29, 1.82) is 0 Å². The van der Waals surface area contributed by atoms with Crippen LogP contribution in [-0.4, -0.2) is 25.9 Å². The molecule has 1 unspecified atom stereocenters. The summed E-state index contributed by atoms with van der Waals surface area (Å²) < 4.78 is 15.7. The van der Waals surface area contributed by atoms with Crippen molar-refractivity contribution in [3.05, 3.63) is 46.9 Å². The first kappa shape index (κ1) is 15.7. The van der Waals surface area contributed by atoms with E-state index in [1.165, 1.54) is 0 Å². The molecule has 0 bridgehead atoms. The van der Waals surface area contributed by atoms with Crippen molar-refractivity contribution in [3.63, 3.8) is 0 Å². The van der Waals surface area contributed by atoms with Crippen LogP contribution in [-0.2, 0) is 6.54 Å². The first-order valence-electron chi connectivity index (χ1n) is 6.48. The molecule has 0 aliphatic heterocycles. The molecule has 0 saturated carbocycles. The van der Waals surface area contributed by atoms with Crippen LogP contribution in [0.5, 0.6) is 11.5 Å². The second-order valence-electron chi connectivity index (χ2n) is 4.41. The number of furan rings is 1. The molecule has 21 heavy (non-hydrogen) atoms. The second kappa shape index (κ2) is 7.36. The highest BCUT2D eigenvalue weighted by atomic mass is 35.5. The van der Waals surface area contributed by atoms with Gasteiger partial charge in [-0.25, -0.2) is 0 Å². The fourth-order valence-corrected chi connectivity index (χ4v) is 2.34. The summed E-state index contributed by atoms with van der Waals surface area (Å²) in [5.41, 5.74) is 0.847. The fourth-order valence-electron chi connectivity index (χ4n) is 2.04. The van der Waals surface area contributed by atoms with E-state index in [9.17, 15) is 5.11 Å². The maximum absolute atomic E-state index is 9.43. The topological polar surface area (TPSA) is 63.9 Å². The van der Waals surface area contributed by atoms with Crippen LogP contribution in [0.3, 0.4) is 0 Å². The Morgan fingerprint density at radius 1 is 1.29 bits per heavy atom. The summed E-state index contributed by atoms with van der Waals surface area (Å²) in [5, 5.41) is 13.1. The van der Waals surface area contributed by atoms with Gasteiger partial charge >= 0.3 is 0 Å². The molecule has 1 aromatic carbocycles. The third-order valence-corrected chi connectivity index (χ3v) is 3.59. The van der Waals surface area contributed by atoms with E-state index in [1.807, 2.05) is 12.1 Å². The molecule has 0 aliphatic carbocycles. The lowest BCUT2D eigenvalue weighted by atomic mass is 10.1. The Balaban J connectivity index is 2.13. The highest BCUT2D eigenvalue weighted by molar-refractivity contribution is 6.33. The van der Waals surface area contributed by atoms with Crippen molar-refractivity contribution in [2.45, 2.75) is 12.6 Å². The summed E-state index contributed by atoms with van der Waals surface area (Å²) in [6.07, 6.45) is 1.57. The predicted molar refractivity (Wildman–Crippen MR) is 79.9 cm³/mol. The molecule has 0 radical (unpaired) electrons. The molecule has 0 saturated heterocycles. The van der Waals surface area contributed by atoms with Crippen molar-refractivity contribution < 1.29 is 19.0 Å². The van der Waals surface area contributed by atoms with Gasteiger partial charge in [-0.3, -0.25) is 0 Å². The number of benzene rings is 1. The van der Waals surface area contributed by atoms with Crippen molar-refractivity contribution in [3.8, 4) is 11.5 Å². The van der Waals surface area contributed by atoms with Crippen LogP contribution in [0.15, 0.2) is 34.9 Å². The van der Waals surface area contributed by atoms with Gasteiger partial charge in [-0.1, -0.05) is 17.7 Å². The lowest BCUT2D eigenvalue weighted by molar-refractivity contribution is 0.225. The highest BCUT2D eigenvalue weighted by Gasteiger charge is 2.16. The molecule has 0 spiro atoms. The van der Waals surface area contributed by atoms with Crippen LogP contribution < -0.4 is 14.8 Å². The summed E-state index contributed by atoms with van der Waals surface area (Å²) in [6, 6.07) is 6.95.